The lowest BCUT2D eigenvalue weighted by Crippen LogP contribution is -2.48. The summed E-state index contributed by atoms with van der Waals surface area (Å²) in [7, 11) is 3.97. The van der Waals surface area contributed by atoms with Crippen LogP contribution in [0.2, 0.25) is 0 Å². The van der Waals surface area contributed by atoms with Gasteiger partial charge in [-0.05, 0) is 34.4 Å². The Kier molecular flexibility index (Phi) is 3.33. The SMILES string of the molecule is CCC(O)C(C)(C)N(C)C. The van der Waals surface area contributed by atoms with Gasteiger partial charge in [-0.3, -0.25) is 0 Å². The number of likely N-dealkylation sites (N-methyl/N-ethyl adjacent to an activating group) is 1. The normalized spacial score (nSPS) is 15.9. The number of hydrogen-bond donors (Lipinski definition) is 1. The summed E-state index contributed by atoms with van der Waals surface area (Å²) < 4.78 is 0. The fourth-order valence-electron chi connectivity index (χ4n) is 0.798. The Morgan fingerprint density at radius 3 is 1.90 bits per heavy atom. The van der Waals surface area contributed by atoms with Crippen molar-refractivity contribution in [1.29, 1.82) is 0 Å². The number of rotatable bonds is 3. The average molecular weight is 145 g/mol. The predicted molar refractivity (Wildman–Crippen MR) is 44.1 cm³/mol. The molecule has 0 aromatic carbocycles. The molecule has 2 heteroatoms. The van der Waals surface area contributed by atoms with Crippen LogP contribution in [-0.2, 0) is 0 Å². The van der Waals surface area contributed by atoms with Gasteiger partial charge in [-0.25, -0.2) is 0 Å². The zero-order chi connectivity index (χ0) is 8.36. The Labute approximate surface area is 63.8 Å². The Morgan fingerprint density at radius 1 is 1.40 bits per heavy atom. The van der Waals surface area contributed by atoms with E-state index in [1.807, 2.05) is 39.8 Å². The first-order valence-corrected chi connectivity index (χ1v) is 3.78. The van der Waals surface area contributed by atoms with Gasteiger partial charge in [-0.15, -0.1) is 0 Å². The maximum atomic E-state index is 9.51. The van der Waals surface area contributed by atoms with Crippen LogP contribution in [0.3, 0.4) is 0 Å². The molecule has 0 radical (unpaired) electrons. The summed E-state index contributed by atoms with van der Waals surface area (Å²) >= 11 is 0. The minimum absolute atomic E-state index is 0.102. The maximum Gasteiger partial charge on any atom is 0.0715 e. The molecule has 2 nitrogen and oxygen atoms in total. The van der Waals surface area contributed by atoms with E-state index in [1.54, 1.807) is 0 Å². The molecule has 0 heterocycles. The van der Waals surface area contributed by atoms with E-state index in [0.29, 0.717) is 0 Å². The van der Waals surface area contributed by atoms with Crippen LogP contribution in [0.1, 0.15) is 27.2 Å². The van der Waals surface area contributed by atoms with Crippen molar-refractivity contribution >= 4 is 0 Å². The Bertz CT molecular complexity index is 99.4. The lowest BCUT2D eigenvalue weighted by Gasteiger charge is -2.36. The molecule has 0 saturated heterocycles. The first-order chi connectivity index (χ1) is 4.42. The van der Waals surface area contributed by atoms with E-state index in [9.17, 15) is 5.11 Å². The average Bonchev–Trinajstić information content (AvgIpc) is 1.86. The van der Waals surface area contributed by atoms with E-state index in [-0.39, 0.29) is 11.6 Å². The molecule has 0 aliphatic carbocycles. The molecule has 0 rings (SSSR count). The van der Waals surface area contributed by atoms with E-state index in [0.717, 1.165) is 6.42 Å². The van der Waals surface area contributed by atoms with Crippen molar-refractivity contribution in [1.82, 2.24) is 4.90 Å². The summed E-state index contributed by atoms with van der Waals surface area (Å²) in [6, 6.07) is 0. The Hall–Kier alpha value is -0.0800. The second-order valence-electron chi connectivity index (χ2n) is 3.47. The monoisotopic (exact) mass is 145 g/mol. The number of aliphatic hydroxyl groups excluding tert-OH is 1. The van der Waals surface area contributed by atoms with Crippen molar-refractivity contribution in [3.8, 4) is 0 Å². The molecule has 1 atom stereocenters. The van der Waals surface area contributed by atoms with E-state index < -0.39 is 0 Å². The zero-order valence-corrected chi connectivity index (χ0v) is 7.68. The molecule has 62 valence electrons. The van der Waals surface area contributed by atoms with Crippen LogP contribution < -0.4 is 0 Å². The Balaban J connectivity index is 4.09. The molecule has 0 aromatic rings. The summed E-state index contributed by atoms with van der Waals surface area (Å²) in [5, 5.41) is 9.51. The summed E-state index contributed by atoms with van der Waals surface area (Å²) in [6.45, 7) is 6.08. The van der Waals surface area contributed by atoms with Gasteiger partial charge in [0, 0.05) is 5.54 Å². The van der Waals surface area contributed by atoms with Crippen LogP contribution in [0, 0.1) is 0 Å². The molecule has 0 bridgehead atoms. The standard InChI is InChI=1S/C8H19NO/c1-6-7(10)8(2,3)9(4)5/h7,10H,6H2,1-5H3. The lowest BCUT2D eigenvalue weighted by molar-refractivity contribution is 0.0156. The second kappa shape index (κ2) is 3.35. The topological polar surface area (TPSA) is 23.5 Å². The van der Waals surface area contributed by atoms with E-state index >= 15 is 0 Å². The number of aliphatic hydroxyl groups is 1. The molecule has 10 heavy (non-hydrogen) atoms. The highest BCUT2D eigenvalue weighted by atomic mass is 16.3. The van der Waals surface area contributed by atoms with Crippen molar-refractivity contribution in [3.05, 3.63) is 0 Å². The minimum Gasteiger partial charge on any atom is -0.391 e. The van der Waals surface area contributed by atoms with Crippen molar-refractivity contribution in [2.45, 2.75) is 38.8 Å². The van der Waals surface area contributed by atoms with Gasteiger partial charge in [0.05, 0.1) is 6.10 Å². The van der Waals surface area contributed by atoms with Crippen LogP contribution in [0.5, 0.6) is 0 Å². The third kappa shape index (κ3) is 1.96. The molecule has 0 aliphatic rings. The molecule has 0 amide bonds. The van der Waals surface area contributed by atoms with Gasteiger partial charge in [0.15, 0.2) is 0 Å². The summed E-state index contributed by atoms with van der Waals surface area (Å²) in [4.78, 5) is 2.04. The van der Waals surface area contributed by atoms with Crippen LogP contribution in [0.15, 0.2) is 0 Å². The first-order valence-electron chi connectivity index (χ1n) is 3.78. The second-order valence-corrected chi connectivity index (χ2v) is 3.47. The van der Waals surface area contributed by atoms with Crippen LogP contribution in [-0.4, -0.2) is 35.7 Å². The minimum atomic E-state index is -0.234. The number of hydrogen-bond acceptors (Lipinski definition) is 2. The highest BCUT2D eigenvalue weighted by Gasteiger charge is 2.27. The predicted octanol–water partition coefficient (Wildman–Crippen LogP) is 1.10. The Morgan fingerprint density at radius 2 is 1.80 bits per heavy atom. The molecular formula is C8H19NO. The molecule has 0 saturated carbocycles. The summed E-state index contributed by atoms with van der Waals surface area (Å²) in [6.07, 6.45) is 0.577. The van der Waals surface area contributed by atoms with Crippen molar-refractivity contribution in [2.75, 3.05) is 14.1 Å². The molecule has 0 aliphatic heterocycles. The highest BCUT2D eigenvalue weighted by Crippen LogP contribution is 2.17. The van der Waals surface area contributed by atoms with Gasteiger partial charge in [-0.2, -0.15) is 0 Å². The molecule has 0 aromatic heterocycles. The van der Waals surface area contributed by atoms with Crippen LogP contribution in [0.4, 0.5) is 0 Å². The van der Waals surface area contributed by atoms with Gasteiger partial charge in [0.25, 0.3) is 0 Å². The van der Waals surface area contributed by atoms with E-state index in [1.165, 1.54) is 0 Å². The van der Waals surface area contributed by atoms with Crippen molar-refractivity contribution in [3.63, 3.8) is 0 Å². The summed E-state index contributed by atoms with van der Waals surface area (Å²) in [5.74, 6) is 0. The van der Waals surface area contributed by atoms with Gasteiger partial charge < -0.3 is 10.0 Å². The summed E-state index contributed by atoms with van der Waals surface area (Å²) in [5.41, 5.74) is -0.102. The molecular weight excluding hydrogens is 126 g/mol. The fourth-order valence-corrected chi connectivity index (χ4v) is 0.798. The van der Waals surface area contributed by atoms with Crippen molar-refractivity contribution < 1.29 is 5.11 Å². The van der Waals surface area contributed by atoms with Gasteiger partial charge in [0.2, 0.25) is 0 Å². The van der Waals surface area contributed by atoms with Gasteiger partial charge >= 0.3 is 0 Å². The van der Waals surface area contributed by atoms with Gasteiger partial charge in [0.1, 0.15) is 0 Å². The van der Waals surface area contributed by atoms with E-state index in [4.69, 9.17) is 0 Å². The quantitative estimate of drug-likeness (QED) is 0.642. The zero-order valence-electron chi connectivity index (χ0n) is 7.68. The first kappa shape index (κ1) is 9.92. The lowest BCUT2D eigenvalue weighted by atomic mass is 9.94. The third-order valence-corrected chi connectivity index (χ3v) is 2.35. The fraction of sp³-hybridized carbons (Fsp3) is 1.00. The molecule has 1 unspecified atom stereocenters. The van der Waals surface area contributed by atoms with Crippen molar-refractivity contribution in [2.24, 2.45) is 0 Å². The van der Waals surface area contributed by atoms with E-state index in [2.05, 4.69) is 0 Å². The highest BCUT2D eigenvalue weighted by molar-refractivity contribution is 4.84. The van der Waals surface area contributed by atoms with Gasteiger partial charge in [-0.1, -0.05) is 6.92 Å². The number of nitrogens with zero attached hydrogens (tertiary/aromatic N) is 1. The third-order valence-electron chi connectivity index (χ3n) is 2.35. The van der Waals surface area contributed by atoms with Crippen LogP contribution >= 0.6 is 0 Å². The molecule has 0 spiro atoms. The molecule has 1 N–H and O–H groups in total. The maximum absolute atomic E-state index is 9.51. The van der Waals surface area contributed by atoms with Crippen LogP contribution in [0.25, 0.3) is 0 Å². The smallest absolute Gasteiger partial charge is 0.0715 e. The largest absolute Gasteiger partial charge is 0.391 e. The molecule has 0 fully saturated rings.